The van der Waals surface area contributed by atoms with Crippen molar-refractivity contribution in [3.05, 3.63) is 23.5 Å². The molecule has 0 aliphatic rings. The molecule has 0 aliphatic carbocycles. The lowest BCUT2D eigenvalue weighted by molar-refractivity contribution is 0.0698. The van der Waals surface area contributed by atoms with Crippen LogP contribution in [0.1, 0.15) is 24.2 Å². The zero-order valence-electron chi connectivity index (χ0n) is 9.25. The van der Waals surface area contributed by atoms with Gasteiger partial charge in [0.05, 0.1) is 11.3 Å². The predicted molar refractivity (Wildman–Crippen MR) is 61.1 cm³/mol. The number of hydrogen-bond acceptors (Lipinski definition) is 3. The maximum Gasteiger partial charge on any atom is 0.337 e. The number of carbonyl (C=O) groups is 1. The van der Waals surface area contributed by atoms with Gasteiger partial charge in [-0.15, -0.1) is 0 Å². The molecular formula is C11H15FN2O2. The van der Waals surface area contributed by atoms with Crippen LogP contribution >= 0.6 is 0 Å². The van der Waals surface area contributed by atoms with Crippen LogP contribution in [0.4, 0.5) is 15.8 Å². The summed E-state index contributed by atoms with van der Waals surface area (Å²) in [6.07, 6.45) is 0. The summed E-state index contributed by atoms with van der Waals surface area (Å²) in [5, 5.41) is 11.7. The molecule has 1 aromatic carbocycles. The number of rotatable bonds is 4. The van der Waals surface area contributed by atoms with E-state index >= 15 is 0 Å². The molecule has 0 bridgehead atoms. The third-order valence-electron chi connectivity index (χ3n) is 2.07. The van der Waals surface area contributed by atoms with Crippen molar-refractivity contribution in [3.63, 3.8) is 0 Å². The van der Waals surface area contributed by atoms with Crippen LogP contribution in [0.2, 0.25) is 0 Å². The van der Waals surface area contributed by atoms with Gasteiger partial charge in [0, 0.05) is 12.2 Å². The second-order valence-corrected chi connectivity index (χ2v) is 4.00. The van der Waals surface area contributed by atoms with E-state index in [1.54, 1.807) is 0 Å². The second-order valence-electron chi connectivity index (χ2n) is 4.00. The van der Waals surface area contributed by atoms with Gasteiger partial charge in [0.25, 0.3) is 0 Å². The van der Waals surface area contributed by atoms with Gasteiger partial charge in [0.15, 0.2) is 0 Å². The molecular weight excluding hydrogens is 211 g/mol. The summed E-state index contributed by atoms with van der Waals surface area (Å²) in [7, 11) is 0. The molecule has 0 spiro atoms. The molecule has 0 unspecified atom stereocenters. The molecule has 88 valence electrons. The standard InChI is InChI=1S/C11H15FN2O2/c1-6(2)5-14-10-3-7(11(15)16)9(13)4-8(10)12/h3-4,6,14H,5,13H2,1-2H3,(H,15,16). The Morgan fingerprint density at radius 3 is 2.69 bits per heavy atom. The van der Waals surface area contributed by atoms with Gasteiger partial charge in [0.1, 0.15) is 5.82 Å². The normalized spacial score (nSPS) is 10.5. The molecule has 0 heterocycles. The van der Waals surface area contributed by atoms with Gasteiger partial charge < -0.3 is 16.2 Å². The summed E-state index contributed by atoms with van der Waals surface area (Å²) in [4.78, 5) is 10.8. The van der Waals surface area contributed by atoms with Crippen LogP contribution in [-0.4, -0.2) is 17.6 Å². The number of anilines is 2. The summed E-state index contributed by atoms with van der Waals surface area (Å²) >= 11 is 0. The molecule has 0 aromatic heterocycles. The van der Waals surface area contributed by atoms with E-state index in [-0.39, 0.29) is 16.9 Å². The van der Waals surface area contributed by atoms with E-state index in [0.29, 0.717) is 12.5 Å². The summed E-state index contributed by atoms with van der Waals surface area (Å²) in [5.41, 5.74) is 5.41. The molecule has 1 rings (SSSR count). The summed E-state index contributed by atoms with van der Waals surface area (Å²) < 4.78 is 13.4. The first-order valence-corrected chi connectivity index (χ1v) is 4.98. The van der Waals surface area contributed by atoms with Gasteiger partial charge in [-0.2, -0.15) is 0 Å². The van der Waals surface area contributed by atoms with E-state index in [1.165, 1.54) is 6.07 Å². The first kappa shape index (κ1) is 12.3. The molecule has 0 atom stereocenters. The van der Waals surface area contributed by atoms with E-state index in [0.717, 1.165) is 6.07 Å². The molecule has 0 fully saturated rings. The number of carboxylic acid groups (broad SMARTS) is 1. The Labute approximate surface area is 93.3 Å². The minimum atomic E-state index is -1.16. The molecule has 0 radical (unpaired) electrons. The van der Waals surface area contributed by atoms with Crippen LogP contribution in [0.25, 0.3) is 0 Å². The molecule has 5 heteroatoms. The smallest absolute Gasteiger partial charge is 0.337 e. The van der Waals surface area contributed by atoms with Crippen molar-refractivity contribution >= 4 is 17.3 Å². The largest absolute Gasteiger partial charge is 0.478 e. The van der Waals surface area contributed by atoms with E-state index in [2.05, 4.69) is 5.32 Å². The topological polar surface area (TPSA) is 75.3 Å². The lowest BCUT2D eigenvalue weighted by Crippen LogP contribution is -2.11. The number of carboxylic acids is 1. The van der Waals surface area contributed by atoms with Gasteiger partial charge in [-0.05, 0) is 18.1 Å². The maximum absolute atomic E-state index is 13.4. The highest BCUT2D eigenvalue weighted by molar-refractivity contribution is 5.94. The molecule has 4 nitrogen and oxygen atoms in total. The molecule has 0 amide bonds. The van der Waals surface area contributed by atoms with Crippen LogP contribution in [0, 0.1) is 11.7 Å². The van der Waals surface area contributed by atoms with Crippen LogP contribution in [-0.2, 0) is 0 Å². The fourth-order valence-corrected chi connectivity index (χ4v) is 1.22. The first-order chi connectivity index (χ1) is 7.41. The maximum atomic E-state index is 13.4. The Kier molecular flexibility index (Phi) is 3.71. The Hall–Kier alpha value is -1.78. The van der Waals surface area contributed by atoms with Crippen molar-refractivity contribution in [2.24, 2.45) is 5.92 Å². The number of aromatic carboxylic acids is 1. The van der Waals surface area contributed by atoms with Gasteiger partial charge in [0.2, 0.25) is 0 Å². The first-order valence-electron chi connectivity index (χ1n) is 4.98. The third kappa shape index (κ3) is 2.85. The van der Waals surface area contributed by atoms with E-state index < -0.39 is 11.8 Å². The fraction of sp³-hybridized carbons (Fsp3) is 0.364. The lowest BCUT2D eigenvalue weighted by atomic mass is 10.1. The van der Waals surface area contributed by atoms with Crippen LogP contribution in [0.3, 0.4) is 0 Å². The Bertz CT molecular complexity index is 405. The van der Waals surface area contributed by atoms with Crippen LogP contribution in [0.15, 0.2) is 12.1 Å². The van der Waals surface area contributed by atoms with Crippen LogP contribution < -0.4 is 11.1 Å². The molecule has 1 aromatic rings. The molecule has 0 saturated carbocycles. The average molecular weight is 226 g/mol. The summed E-state index contributed by atoms with van der Waals surface area (Å²) in [6, 6.07) is 2.24. The number of nitrogens with one attached hydrogen (secondary N) is 1. The molecule has 0 saturated heterocycles. The van der Waals surface area contributed by atoms with Crippen molar-refractivity contribution in [1.29, 1.82) is 0 Å². The zero-order chi connectivity index (χ0) is 12.3. The molecule has 4 N–H and O–H groups in total. The summed E-state index contributed by atoms with van der Waals surface area (Å²) in [5.74, 6) is -1.36. The minimum absolute atomic E-state index is 0.0694. The third-order valence-corrected chi connectivity index (χ3v) is 2.07. The van der Waals surface area contributed by atoms with E-state index in [1.807, 2.05) is 13.8 Å². The fourth-order valence-electron chi connectivity index (χ4n) is 1.22. The predicted octanol–water partition coefficient (Wildman–Crippen LogP) is 2.17. The van der Waals surface area contributed by atoms with Crippen molar-refractivity contribution in [3.8, 4) is 0 Å². The lowest BCUT2D eigenvalue weighted by Gasteiger charge is -2.11. The highest BCUT2D eigenvalue weighted by Gasteiger charge is 2.13. The van der Waals surface area contributed by atoms with Gasteiger partial charge >= 0.3 is 5.97 Å². The van der Waals surface area contributed by atoms with E-state index in [4.69, 9.17) is 10.8 Å². The number of nitrogen functional groups attached to an aromatic ring is 1. The number of hydrogen-bond donors (Lipinski definition) is 3. The van der Waals surface area contributed by atoms with Crippen LogP contribution in [0.5, 0.6) is 0 Å². The number of halogens is 1. The molecule has 0 aliphatic heterocycles. The van der Waals surface area contributed by atoms with Crippen molar-refractivity contribution in [2.75, 3.05) is 17.6 Å². The highest BCUT2D eigenvalue weighted by Crippen LogP contribution is 2.22. The van der Waals surface area contributed by atoms with Crippen molar-refractivity contribution in [1.82, 2.24) is 0 Å². The van der Waals surface area contributed by atoms with Gasteiger partial charge in [-0.25, -0.2) is 9.18 Å². The monoisotopic (exact) mass is 226 g/mol. The summed E-state index contributed by atoms with van der Waals surface area (Å²) in [6.45, 7) is 4.51. The SMILES string of the molecule is CC(C)CNc1cc(C(=O)O)c(N)cc1F. The quantitative estimate of drug-likeness (QED) is 0.688. The Morgan fingerprint density at radius 1 is 1.56 bits per heavy atom. The minimum Gasteiger partial charge on any atom is -0.478 e. The van der Waals surface area contributed by atoms with Gasteiger partial charge in [-0.1, -0.05) is 13.8 Å². The number of nitrogens with two attached hydrogens (primary N) is 1. The van der Waals surface area contributed by atoms with Crippen molar-refractivity contribution in [2.45, 2.75) is 13.8 Å². The Balaban J connectivity index is 3.00. The Morgan fingerprint density at radius 2 is 2.19 bits per heavy atom. The van der Waals surface area contributed by atoms with E-state index in [9.17, 15) is 9.18 Å². The average Bonchev–Trinajstić information content (AvgIpc) is 2.15. The highest BCUT2D eigenvalue weighted by atomic mass is 19.1. The van der Waals surface area contributed by atoms with Crippen molar-refractivity contribution < 1.29 is 14.3 Å². The second kappa shape index (κ2) is 4.83. The number of benzene rings is 1. The molecule has 16 heavy (non-hydrogen) atoms. The zero-order valence-corrected chi connectivity index (χ0v) is 9.25. The van der Waals surface area contributed by atoms with Gasteiger partial charge in [-0.3, -0.25) is 0 Å².